The van der Waals surface area contributed by atoms with E-state index in [0.717, 1.165) is 38.5 Å². The Bertz CT molecular complexity index is 572. The molecular formula is C19H29ClN2O3. The fourth-order valence-corrected chi connectivity index (χ4v) is 3.22. The smallest absolute Gasteiger partial charge is 0.251 e. The van der Waals surface area contributed by atoms with Gasteiger partial charge in [-0.3, -0.25) is 4.79 Å². The van der Waals surface area contributed by atoms with Crippen LogP contribution in [0.3, 0.4) is 0 Å². The van der Waals surface area contributed by atoms with Crippen molar-refractivity contribution in [1.82, 2.24) is 5.32 Å². The molecule has 1 saturated carbocycles. The van der Waals surface area contributed by atoms with Gasteiger partial charge in [-0.2, -0.15) is 0 Å². The van der Waals surface area contributed by atoms with Gasteiger partial charge in [-0.15, -0.1) is 0 Å². The molecule has 1 aromatic rings. The van der Waals surface area contributed by atoms with Gasteiger partial charge in [-0.25, -0.2) is 0 Å². The van der Waals surface area contributed by atoms with Crippen LogP contribution in [0.4, 0.5) is 0 Å². The van der Waals surface area contributed by atoms with E-state index in [1.54, 1.807) is 12.1 Å². The summed E-state index contributed by atoms with van der Waals surface area (Å²) in [4.78, 5) is 12.6. The molecule has 5 nitrogen and oxygen atoms in total. The van der Waals surface area contributed by atoms with E-state index in [-0.39, 0.29) is 18.0 Å². The van der Waals surface area contributed by atoms with Crippen LogP contribution in [0.5, 0.6) is 11.5 Å². The summed E-state index contributed by atoms with van der Waals surface area (Å²) in [6.07, 6.45) is 5.69. The molecule has 0 bridgehead atoms. The zero-order chi connectivity index (χ0) is 18.2. The third-order valence-electron chi connectivity index (χ3n) is 4.42. The Morgan fingerprint density at radius 3 is 2.60 bits per heavy atom. The Kier molecular flexibility index (Phi) is 7.85. The molecule has 0 unspecified atom stereocenters. The van der Waals surface area contributed by atoms with Crippen LogP contribution in [0.1, 0.15) is 62.7 Å². The third kappa shape index (κ3) is 5.79. The zero-order valence-electron chi connectivity index (χ0n) is 15.1. The van der Waals surface area contributed by atoms with Crippen LogP contribution in [-0.2, 0) is 0 Å². The first-order valence-corrected chi connectivity index (χ1v) is 9.58. The second kappa shape index (κ2) is 9.88. The highest BCUT2D eigenvalue weighted by Gasteiger charge is 2.22. The minimum atomic E-state index is -0.136. The van der Waals surface area contributed by atoms with Gasteiger partial charge in [0.1, 0.15) is 0 Å². The van der Waals surface area contributed by atoms with Crippen molar-refractivity contribution in [2.24, 2.45) is 5.73 Å². The van der Waals surface area contributed by atoms with Crippen LogP contribution < -0.4 is 20.5 Å². The van der Waals surface area contributed by atoms with Crippen LogP contribution in [0.25, 0.3) is 0 Å². The number of benzene rings is 1. The summed E-state index contributed by atoms with van der Waals surface area (Å²) in [5.41, 5.74) is 6.41. The van der Waals surface area contributed by atoms with Crippen molar-refractivity contribution in [2.45, 2.75) is 64.5 Å². The van der Waals surface area contributed by atoms with Gasteiger partial charge in [0.05, 0.1) is 18.2 Å². The number of carbonyl (C=O) groups is 1. The quantitative estimate of drug-likeness (QED) is 0.682. The Morgan fingerprint density at radius 2 is 1.96 bits per heavy atom. The van der Waals surface area contributed by atoms with Gasteiger partial charge in [-0.05, 0) is 51.2 Å². The van der Waals surface area contributed by atoms with E-state index in [2.05, 4.69) is 12.2 Å². The number of nitrogens with one attached hydrogen (secondary N) is 1. The van der Waals surface area contributed by atoms with Crippen molar-refractivity contribution in [3.05, 3.63) is 22.7 Å². The van der Waals surface area contributed by atoms with Crippen molar-refractivity contribution < 1.29 is 14.3 Å². The summed E-state index contributed by atoms with van der Waals surface area (Å²) in [5.74, 6) is 0.891. The lowest BCUT2D eigenvalue weighted by Gasteiger charge is -2.27. The van der Waals surface area contributed by atoms with Crippen molar-refractivity contribution in [2.75, 3.05) is 13.2 Å². The van der Waals surface area contributed by atoms with E-state index in [4.69, 9.17) is 26.8 Å². The molecule has 3 N–H and O–H groups in total. The third-order valence-corrected chi connectivity index (χ3v) is 4.70. The molecule has 0 aromatic heterocycles. The molecule has 1 fully saturated rings. The molecule has 1 aromatic carbocycles. The number of carbonyl (C=O) groups excluding carboxylic acids is 1. The summed E-state index contributed by atoms with van der Waals surface area (Å²) in [6, 6.07) is 3.78. The summed E-state index contributed by atoms with van der Waals surface area (Å²) in [6.45, 7) is 5.04. The molecular weight excluding hydrogens is 340 g/mol. The predicted molar refractivity (Wildman–Crippen MR) is 101 cm³/mol. The Morgan fingerprint density at radius 1 is 1.24 bits per heavy atom. The van der Waals surface area contributed by atoms with Crippen molar-refractivity contribution in [3.63, 3.8) is 0 Å². The first-order valence-electron chi connectivity index (χ1n) is 9.20. The number of rotatable bonds is 8. The molecule has 25 heavy (non-hydrogen) atoms. The molecule has 0 atom stereocenters. The molecule has 0 saturated heterocycles. The second-order valence-electron chi connectivity index (χ2n) is 6.51. The molecule has 6 heteroatoms. The highest BCUT2D eigenvalue weighted by molar-refractivity contribution is 6.32. The van der Waals surface area contributed by atoms with Gasteiger partial charge in [0.15, 0.2) is 11.5 Å². The first kappa shape index (κ1) is 19.9. The maximum Gasteiger partial charge on any atom is 0.251 e. The molecule has 0 aliphatic heterocycles. The van der Waals surface area contributed by atoms with E-state index < -0.39 is 0 Å². The number of unbranched alkanes of at least 4 members (excludes halogenated alkanes) is 1. The van der Waals surface area contributed by atoms with Gasteiger partial charge in [0, 0.05) is 17.6 Å². The summed E-state index contributed by atoms with van der Waals surface area (Å²) in [5, 5.41) is 3.48. The Labute approximate surface area is 155 Å². The number of halogens is 1. The second-order valence-corrected chi connectivity index (χ2v) is 6.91. The van der Waals surface area contributed by atoms with Crippen molar-refractivity contribution in [3.8, 4) is 11.5 Å². The largest absolute Gasteiger partial charge is 0.490 e. The van der Waals surface area contributed by atoms with Gasteiger partial charge < -0.3 is 20.5 Å². The van der Waals surface area contributed by atoms with Crippen molar-refractivity contribution in [1.29, 1.82) is 0 Å². The van der Waals surface area contributed by atoms with Crippen LogP contribution in [-0.4, -0.2) is 31.2 Å². The SMILES string of the molecule is CCCCOc1c(Cl)cc(C(=O)NC2CCC(N)CC2)cc1OCC. The highest BCUT2D eigenvalue weighted by Crippen LogP contribution is 2.37. The molecule has 0 spiro atoms. The fraction of sp³-hybridized carbons (Fsp3) is 0.632. The molecule has 1 aliphatic carbocycles. The minimum Gasteiger partial charge on any atom is -0.490 e. The van der Waals surface area contributed by atoms with Gasteiger partial charge in [0.25, 0.3) is 5.91 Å². The topological polar surface area (TPSA) is 73.6 Å². The molecule has 1 aliphatic rings. The van der Waals surface area contributed by atoms with E-state index in [1.807, 2.05) is 6.92 Å². The normalized spacial score (nSPS) is 20.2. The van der Waals surface area contributed by atoms with E-state index in [9.17, 15) is 4.79 Å². The summed E-state index contributed by atoms with van der Waals surface area (Å²) in [7, 11) is 0. The van der Waals surface area contributed by atoms with Crippen LogP contribution in [0, 0.1) is 0 Å². The maximum atomic E-state index is 12.6. The highest BCUT2D eigenvalue weighted by atomic mass is 35.5. The number of hydrogen-bond acceptors (Lipinski definition) is 4. The molecule has 2 rings (SSSR count). The standard InChI is InChI=1S/C19H29ClN2O3/c1-3-5-10-25-18-16(20)11-13(12-17(18)24-4-2)19(23)22-15-8-6-14(21)7-9-15/h11-12,14-15H,3-10,21H2,1-2H3,(H,22,23). The molecule has 0 radical (unpaired) electrons. The van der Waals surface area contributed by atoms with Crippen LogP contribution >= 0.6 is 11.6 Å². The van der Waals surface area contributed by atoms with Crippen LogP contribution in [0.15, 0.2) is 12.1 Å². The van der Waals surface area contributed by atoms with E-state index in [1.165, 1.54) is 0 Å². The summed E-state index contributed by atoms with van der Waals surface area (Å²) < 4.78 is 11.4. The lowest BCUT2D eigenvalue weighted by Crippen LogP contribution is -2.40. The average Bonchev–Trinajstić information content (AvgIpc) is 2.59. The number of amides is 1. The van der Waals surface area contributed by atoms with E-state index in [0.29, 0.717) is 35.3 Å². The number of ether oxygens (including phenoxy) is 2. The monoisotopic (exact) mass is 368 g/mol. The van der Waals surface area contributed by atoms with Crippen LogP contribution in [0.2, 0.25) is 5.02 Å². The lowest BCUT2D eigenvalue weighted by molar-refractivity contribution is 0.0925. The zero-order valence-corrected chi connectivity index (χ0v) is 15.9. The Hall–Kier alpha value is -1.46. The number of hydrogen-bond donors (Lipinski definition) is 2. The van der Waals surface area contributed by atoms with Gasteiger partial charge in [-0.1, -0.05) is 24.9 Å². The molecule has 0 heterocycles. The van der Waals surface area contributed by atoms with Gasteiger partial charge in [0.2, 0.25) is 0 Å². The lowest BCUT2D eigenvalue weighted by atomic mass is 9.91. The molecule has 1 amide bonds. The predicted octanol–water partition coefficient (Wildman–Crippen LogP) is 3.92. The Balaban J connectivity index is 2.10. The molecule has 140 valence electrons. The average molecular weight is 369 g/mol. The van der Waals surface area contributed by atoms with E-state index >= 15 is 0 Å². The minimum absolute atomic E-state index is 0.136. The summed E-state index contributed by atoms with van der Waals surface area (Å²) >= 11 is 6.35. The number of nitrogens with two attached hydrogens (primary N) is 1. The maximum absolute atomic E-state index is 12.6. The van der Waals surface area contributed by atoms with Crippen molar-refractivity contribution >= 4 is 17.5 Å². The first-order chi connectivity index (χ1) is 12.0. The fourth-order valence-electron chi connectivity index (χ4n) is 2.95. The van der Waals surface area contributed by atoms with Gasteiger partial charge >= 0.3 is 0 Å².